The van der Waals surface area contributed by atoms with Crippen molar-refractivity contribution in [2.75, 3.05) is 6.79 Å². The van der Waals surface area contributed by atoms with Gasteiger partial charge in [0, 0.05) is 21.2 Å². The van der Waals surface area contributed by atoms with Crippen molar-refractivity contribution in [2.45, 2.75) is 19.6 Å². The maximum absolute atomic E-state index is 13.6. The van der Waals surface area contributed by atoms with Gasteiger partial charge in [0.1, 0.15) is 18.2 Å². The Bertz CT molecular complexity index is 779. The predicted octanol–water partition coefficient (Wildman–Crippen LogP) is 4.28. The molecule has 0 N–H and O–H groups in total. The average Bonchev–Trinajstić information content (AvgIpc) is 2.55. The second-order valence-electron chi connectivity index (χ2n) is 5.24. The van der Waals surface area contributed by atoms with Gasteiger partial charge in [0.05, 0.1) is 13.0 Å². The highest BCUT2D eigenvalue weighted by molar-refractivity contribution is 6.35. The van der Waals surface area contributed by atoms with Crippen LogP contribution in [-0.4, -0.2) is 12.8 Å². The molecule has 0 atom stereocenters. The van der Waals surface area contributed by atoms with Gasteiger partial charge in [-0.2, -0.15) is 0 Å². The average molecular weight is 371 g/mol. The van der Waals surface area contributed by atoms with Crippen LogP contribution in [0.5, 0.6) is 5.75 Å². The van der Waals surface area contributed by atoms with E-state index in [4.69, 9.17) is 37.4 Å². The molecule has 0 saturated carbocycles. The first kappa shape index (κ1) is 17.0. The summed E-state index contributed by atoms with van der Waals surface area (Å²) < 4.78 is 29.3. The summed E-state index contributed by atoms with van der Waals surface area (Å²) in [6.07, 6.45) is -0.00250. The predicted molar refractivity (Wildman–Crippen MR) is 86.6 cm³/mol. The van der Waals surface area contributed by atoms with E-state index in [-0.39, 0.29) is 26.4 Å². The summed E-state index contributed by atoms with van der Waals surface area (Å²) >= 11 is 11.8. The SMILES string of the molecule is O=C(Cc1ccc(Cl)cc1Cl)OCc1cc(F)cc2c1OCOC2. The number of ether oxygens (including phenoxy) is 3. The Hall–Kier alpha value is -1.82. The standard InChI is InChI=1S/C17H13Cl2FO4/c18-13-2-1-10(15(19)6-13)5-16(21)23-8-12-4-14(20)3-11-7-22-9-24-17(11)12/h1-4,6H,5,7-9H2. The van der Waals surface area contributed by atoms with Crippen molar-refractivity contribution in [3.05, 3.63) is 62.9 Å². The third kappa shape index (κ3) is 3.98. The third-order valence-corrected chi connectivity index (χ3v) is 4.08. The smallest absolute Gasteiger partial charge is 0.310 e. The Kier molecular flexibility index (Phi) is 5.23. The molecular weight excluding hydrogens is 358 g/mol. The van der Waals surface area contributed by atoms with E-state index in [1.54, 1.807) is 18.2 Å². The van der Waals surface area contributed by atoms with Gasteiger partial charge in [-0.15, -0.1) is 0 Å². The zero-order chi connectivity index (χ0) is 17.1. The second-order valence-corrected chi connectivity index (χ2v) is 6.08. The molecule has 4 nitrogen and oxygen atoms in total. The topological polar surface area (TPSA) is 44.8 Å². The normalized spacial score (nSPS) is 13.1. The molecular formula is C17H13Cl2FO4. The Morgan fingerprint density at radius 3 is 2.83 bits per heavy atom. The minimum atomic E-state index is -0.482. The van der Waals surface area contributed by atoms with Crippen molar-refractivity contribution in [3.63, 3.8) is 0 Å². The Balaban J connectivity index is 1.67. The molecule has 0 unspecified atom stereocenters. The number of carbonyl (C=O) groups excluding carboxylic acids is 1. The van der Waals surface area contributed by atoms with E-state index in [1.807, 2.05) is 0 Å². The molecule has 0 fully saturated rings. The lowest BCUT2D eigenvalue weighted by atomic mass is 10.1. The molecule has 7 heteroatoms. The summed E-state index contributed by atoms with van der Waals surface area (Å²) in [5.41, 5.74) is 1.66. The maximum Gasteiger partial charge on any atom is 0.310 e. The summed E-state index contributed by atoms with van der Waals surface area (Å²) in [6, 6.07) is 7.49. The number of hydrogen-bond donors (Lipinski definition) is 0. The summed E-state index contributed by atoms with van der Waals surface area (Å²) in [4.78, 5) is 12.0. The van der Waals surface area contributed by atoms with E-state index < -0.39 is 11.8 Å². The molecule has 3 rings (SSSR count). The fraction of sp³-hybridized carbons (Fsp3) is 0.235. The Morgan fingerprint density at radius 2 is 2.04 bits per heavy atom. The van der Waals surface area contributed by atoms with Gasteiger partial charge in [-0.05, 0) is 29.8 Å². The first-order chi connectivity index (χ1) is 11.5. The summed E-state index contributed by atoms with van der Waals surface area (Å²) in [5, 5.41) is 0.881. The number of rotatable bonds is 4. The first-order valence-corrected chi connectivity index (χ1v) is 7.90. The fourth-order valence-corrected chi connectivity index (χ4v) is 2.87. The van der Waals surface area contributed by atoms with Crippen LogP contribution >= 0.6 is 23.2 Å². The molecule has 0 saturated heterocycles. The van der Waals surface area contributed by atoms with Crippen LogP contribution in [0.1, 0.15) is 16.7 Å². The lowest BCUT2D eigenvalue weighted by Gasteiger charge is -2.20. The van der Waals surface area contributed by atoms with Crippen LogP contribution in [0.15, 0.2) is 30.3 Å². The van der Waals surface area contributed by atoms with Crippen molar-refractivity contribution < 1.29 is 23.4 Å². The van der Waals surface area contributed by atoms with Gasteiger partial charge < -0.3 is 14.2 Å². The van der Waals surface area contributed by atoms with Gasteiger partial charge in [0.15, 0.2) is 6.79 Å². The zero-order valence-electron chi connectivity index (χ0n) is 12.5. The summed E-state index contributed by atoms with van der Waals surface area (Å²) in [5.74, 6) is -0.418. The van der Waals surface area contributed by atoms with Gasteiger partial charge >= 0.3 is 5.97 Å². The largest absolute Gasteiger partial charge is 0.467 e. The Labute approximate surface area is 148 Å². The second kappa shape index (κ2) is 7.38. The number of esters is 1. The highest BCUT2D eigenvalue weighted by atomic mass is 35.5. The number of carbonyl (C=O) groups is 1. The van der Waals surface area contributed by atoms with Crippen LogP contribution in [-0.2, 0) is 33.9 Å². The molecule has 0 aliphatic carbocycles. The lowest BCUT2D eigenvalue weighted by molar-refractivity contribution is -0.144. The van der Waals surface area contributed by atoms with E-state index in [1.165, 1.54) is 12.1 Å². The molecule has 0 bridgehead atoms. The molecule has 2 aromatic rings. The molecule has 0 spiro atoms. The van der Waals surface area contributed by atoms with Crippen LogP contribution in [0.4, 0.5) is 4.39 Å². The molecule has 0 amide bonds. The molecule has 1 aliphatic rings. The molecule has 1 aliphatic heterocycles. The first-order valence-electron chi connectivity index (χ1n) is 7.14. The van der Waals surface area contributed by atoms with E-state index in [9.17, 15) is 9.18 Å². The molecule has 0 radical (unpaired) electrons. The third-order valence-electron chi connectivity index (χ3n) is 3.49. The van der Waals surface area contributed by atoms with Gasteiger partial charge in [-0.25, -0.2) is 4.39 Å². The van der Waals surface area contributed by atoms with Crippen LogP contribution in [0.3, 0.4) is 0 Å². The Morgan fingerprint density at radius 1 is 1.21 bits per heavy atom. The highest BCUT2D eigenvalue weighted by Gasteiger charge is 2.18. The van der Waals surface area contributed by atoms with E-state index in [0.717, 1.165) is 0 Å². The van der Waals surface area contributed by atoms with Gasteiger partial charge in [-0.3, -0.25) is 4.79 Å². The van der Waals surface area contributed by atoms with E-state index in [0.29, 0.717) is 32.5 Å². The van der Waals surface area contributed by atoms with Crippen molar-refractivity contribution in [3.8, 4) is 5.75 Å². The summed E-state index contributed by atoms with van der Waals surface area (Å²) in [6.45, 7) is 0.249. The molecule has 126 valence electrons. The van der Waals surface area contributed by atoms with Crippen molar-refractivity contribution >= 4 is 29.2 Å². The number of hydrogen-bond acceptors (Lipinski definition) is 4. The quantitative estimate of drug-likeness (QED) is 0.753. The molecule has 2 aromatic carbocycles. The molecule has 1 heterocycles. The monoisotopic (exact) mass is 370 g/mol. The van der Waals surface area contributed by atoms with Gasteiger partial charge in [-0.1, -0.05) is 29.3 Å². The van der Waals surface area contributed by atoms with E-state index in [2.05, 4.69) is 0 Å². The maximum atomic E-state index is 13.6. The van der Waals surface area contributed by atoms with Gasteiger partial charge in [0.25, 0.3) is 0 Å². The number of halogens is 3. The minimum absolute atomic E-state index is 0.00250. The summed E-state index contributed by atoms with van der Waals surface area (Å²) in [7, 11) is 0. The minimum Gasteiger partial charge on any atom is -0.467 e. The van der Waals surface area contributed by atoms with Crippen molar-refractivity contribution in [2.24, 2.45) is 0 Å². The van der Waals surface area contributed by atoms with Crippen LogP contribution in [0.25, 0.3) is 0 Å². The number of fused-ring (bicyclic) bond motifs is 1. The number of benzene rings is 2. The van der Waals surface area contributed by atoms with Crippen LogP contribution in [0, 0.1) is 5.82 Å². The zero-order valence-corrected chi connectivity index (χ0v) is 14.0. The fourth-order valence-electron chi connectivity index (χ4n) is 2.39. The van der Waals surface area contributed by atoms with Crippen molar-refractivity contribution in [1.29, 1.82) is 0 Å². The van der Waals surface area contributed by atoms with Crippen LogP contribution in [0.2, 0.25) is 10.0 Å². The van der Waals surface area contributed by atoms with Crippen LogP contribution < -0.4 is 4.74 Å². The highest BCUT2D eigenvalue weighted by Crippen LogP contribution is 2.30. The van der Waals surface area contributed by atoms with Crippen molar-refractivity contribution in [1.82, 2.24) is 0 Å². The van der Waals surface area contributed by atoms with E-state index >= 15 is 0 Å². The molecule has 24 heavy (non-hydrogen) atoms. The molecule has 0 aromatic heterocycles. The lowest BCUT2D eigenvalue weighted by Crippen LogP contribution is -2.15. The van der Waals surface area contributed by atoms with Gasteiger partial charge in [0.2, 0.25) is 0 Å².